The number of aliphatic hydroxyl groups excluding tert-OH is 2. The number of aromatic nitrogens is 2. The SMILES string of the molecule is CC(C)(C)OC(=O)N1C[C@H](O)C[C@H]1C(=O)O.Cc1ncsc1-c1ccc(C2(N)CN(C(=O)OCc3ccccc3)C2)cc1.Cc1ncsc1-c1ccc(C2(NC(=O)[C@@H]3C[C@@H](O)CN3C(=O)OC(C)(C)C)CN(C(=O)OCc3ccccc3)C2)cc1. The zero-order valence-corrected chi connectivity index (χ0v) is 50.6. The Hall–Kier alpha value is -7.96. The number of likely N-dealkylation sites (tertiary alicyclic amines) is 4. The van der Waals surface area contributed by atoms with Crippen LogP contribution in [0.25, 0.3) is 20.9 Å². The molecule has 0 unspecified atom stereocenters. The first kappa shape index (κ1) is 63.1. The van der Waals surface area contributed by atoms with E-state index in [1.54, 1.807) is 79.5 Å². The molecule has 10 rings (SSSR count). The number of β-amino-alcohol motifs (C(OH)–C–C–N with tert-alkyl or cyclic N) is 2. The molecular formula is C62H74N8O13S2. The number of nitrogens with two attached hydrogens (primary N) is 1. The van der Waals surface area contributed by atoms with Gasteiger partial charge in [-0.2, -0.15) is 0 Å². The Kier molecular flexibility index (Phi) is 19.7. The van der Waals surface area contributed by atoms with Gasteiger partial charge in [0, 0.05) is 25.9 Å². The van der Waals surface area contributed by atoms with Crippen molar-refractivity contribution < 1.29 is 63.0 Å². The van der Waals surface area contributed by atoms with Crippen LogP contribution in [0.2, 0.25) is 0 Å². The highest BCUT2D eigenvalue weighted by Gasteiger charge is 2.51. The highest BCUT2D eigenvalue weighted by atomic mass is 32.1. The monoisotopic (exact) mass is 1200 g/mol. The Bertz CT molecular complexity index is 3280. The first-order valence-corrected chi connectivity index (χ1v) is 29.6. The van der Waals surface area contributed by atoms with Crippen molar-refractivity contribution in [2.24, 2.45) is 5.73 Å². The van der Waals surface area contributed by atoms with Crippen molar-refractivity contribution >= 4 is 58.9 Å². The third kappa shape index (κ3) is 16.1. The van der Waals surface area contributed by atoms with E-state index in [1.807, 2.05) is 116 Å². The molecule has 2 aromatic heterocycles. The molecule has 0 spiro atoms. The van der Waals surface area contributed by atoms with E-state index < -0.39 is 76.7 Å². The topological polar surface area (TPSA) is 277 Å². The van der Waals surface area contributed by atoms with E-state index in [-0.39, 0.29) is 58.3 Å². The van der Waals surface area contributed by atoms with Crippen molar-refractivity contribution in [3.63, 3.8) is 0 Å². The number of aliphatic carboxylic acids is 1. The summed E-state index contributed by atoms with van der Waals surface area (Å²) in [4.78, 5) is 90.6. The Morgan fingerprint density at radius 2 is 0.988 bits per heavy atom. The number of aliphatic hydroxyl groups is 2. The van der Waals surface area contributed by atoms with Gasteiger partial charge in [0.05, 0.1) is 76.1 Å². The minimum Gasteiger partial charge on any atom is -0.480 e. The molecule has 4 atom stereocenters. The average molecular weight is 1200 g/mol. The van der Waals surface area contributed by atoms with E-state index in [4.69, 9.17) is 29.8 Å². The minimum absolute atomic E-state index is 0.000828. The number of aryl methyl sites for hydroxylation is 2. The van der Waals surface area contributed by atoms with Gasteiger partial charge in [-0.1, -0.05) is 109 Å². The van der Waals surface area contributed by atoms with Crippen LogP contribution in [-0.2, 0) is 52.8 Å². The standard InChI is InChI=1S/C31H36N4O6S.C21H21N3O2S.C10H17NO5/c1-20-26(42-19-32-20)22-10-12-23(13-11-22)31(17-34(18-31)28(38)40-16-21-8-6-5-7-9-21)33-27(37)25-14-24(36)15-35(25)29(39)41-30(2,3)4;1-15-19(27-14-23-15)17-7-9-18(10-8-17)21(22)12-24(13-21)20(25)26-11-16-5-3-2-4-6-16;1-10(2,3)16-9(15)11-5-6(12)4-7(11)8(13)14/h5-13,19,24-25,36H,14-18H2,1-4H3,(H,33,37);2-10,14H,11-13,22H2,1H3;6-7,12H,4-5H2,1-3H3,(H,13,14)/t24-,25+;;6-,7+/m1.1/s1. The van der Waals surface area contributed by atoms with Crippen molar-refractivity contribution in [2.45, 2.75) is 128 Å². The third-order valence-corrected chi connectivity index (χ3v) is 16.4. The number of nitrogens with zero attached hydrogens (tertiary/aromatic N) is 6. The second-order valence-electron chi connectivity index (χ2n) is 23.6. The molecule has 21 nitrogen and oxygen atoms in total. The van der Waals surface area contributed by atoms with Crippen molar-refractivity contribution in [2.75, 3.05) is 39.3 Å². The van der Waals surface area contributed by atoms with Crippen molar-refractivity contribution in [3.05, 3.63) is 154 Å². The van der Waals surface area contributed by atoms with Gasteiger partial charge in [-0.25, -0.2) is 33.9 Å². The highest BCUT2D eigenvalue weighted by Crippen LogP contribution is 2.37. The number of carboxylic acids is 1. The number of carbonyl (C=O) groups excluding carboxylic acids is 5. The minimum atomic E-state index is -1.12. The van der Waals surface area contributed by atoms with Crippen LogP contribution < -0.4 is 11.1 Å². The van der Waals surface area contributed by atoms with Crippen LogP contribution in [0.3, 0.4) is 0 Å². The maximum atomic E-state index is 13.7. The second kappa shape index (κ2) is 26.5. The molecule has 5 amide bonds. The molecule has 0 radical (unpaired) electrons. The molecule has 4 saturated heterocycles. The summed E-state index contributed by atoms with van der Waals surface area (Å²) in [5.74, 6) is -1.54. The fraction of sp³-hybridized carbons (Fsp3) is 0.419. The van der Waals surface area contributed by atoms with Crippen LogP contribution in [0.15, 0.2) is 120 Å². The molecule has 4 aliphatic heterocycles. The van der Waals surface area contributed by atoms with Crippen molar-refractivity contribution in [1.29, 1.82) is 0 Å². The quantitative estimate of drug-likeness (QED) is 0.0758. The molecule has 0 bridgehead atoms. The zero-order chi connectivity index (χ0) is 61.4. The lowest BCUT2D eigenvalue weighted by Crippen LogP contribution is -2.70. The molecule has 85 heavy (non-hydrogen) atoms. The van der Waals surface area contributed by atoms with Crippen molar-refractivity contribution in [1.82, 2.24) is 34.9 Å². The summed E-state index contributed by atoms with van der Waals surface area (Å²) in [7, 11) is 0. The molecule has 452 valence electrons. The molecule has 4 fully saturated rings. The van der Waals surface area contributed by atoms with E-state index in [2.05, 4.69) is 27.4 Å². The zero-order valence-electron chi connectivity index (χ0n) is 48.9. The van der Waals surface area contributed by atoms with Gasteiger partial charge in [-0.3, -0.25) is 14.6 Å². The maximum Gasteiger partial charge on any atom is 0.411 e. The van der Waals surface area contributed by atoms with E-state index >= 15 is 0 Å². The summed E-state index contributed by atoms with van der Waals surface area (Å²) in [6, 6.07) is 33.2. The van der Waals surface area contributed by atoms with Gasteiger partial charge >= 0.3 is 30.3 Å². The van der Waals surface area contributed by atoms with Crippen LogP contribution >= 0.6 is 22.7 Å². The van der Waals surface area contributed by atoms with Gasteiger partial charge in [-0.15, -0.1) is 22.7 Å². The normalized spacial score (nSPS) is 19.4. The van der Waals surface area contributed by atoms with Crippen LogP contribution in [0.5, 0.6) is 0 Å². The fourth-order valence-corrected chi connectivity index (χ4v) is 11.8. The van der Waals surface area contributed by atoms with E-state index in [9.17, 15) is 39.0 Å². The number of carbonyl (C=O) groups is 6. The van der Waals surface area contributed by atoms with Crippen LogP contribution in [-0.4, -0.2) is 156 Å². The summed E-state index contributed by atoms with van der Waals surface area (Å²) in [5, 5.41) is 31.7. The lowest BCUT2D eigenvalue weighted by atomic mass is 9.81. The summed E-state index contributed by atoms with van der Waals surface area (Å²) < 4.78 is 21.5. The molecule has 0 saturated carbocycles. The van der Waals surface area contributed by atoms with Crippen LogP contribution in [0, 0.1) is 13.8 Å². The number of thiazole rings is 2. The summed E-state index contributed by atoms with van der Waals surface area (Å²) in [5.41, 5.74) is 15.1. The molecule has 6 aromatic rings. The van der Waals surface area contributed by atoms with E-state index in [0.717, 1.165) is 54.5 Å². The van der Waals surface area contributed by atoms with Gasteiger partial charge in [-0.05, 0) is 88.8 Å². The number of benzene rings is 4. The van der Waals surface area contributed by atoms with Crippen molar-refractivity contribution in [3.8, 4) is 20.9 Å². The number of amides is 5. The predicted octanol–water partition coefficient (Wildman–Crippen LogP) is 8.82. The van der Waals surface area contributed by atoms with Gasteiger partial charge in [0.1, 0.15) is 42.0 Å². The summed E-state index contributed by atoms with van der Waals surface area (Å²) in [6.07, 6.45) is -3.66. The number of hydrogen-bond acceptors (Lipinski definition) is 17. The Balaban J connectivity index is 0.000000186. The highest BCUT2D eigenvalue weighted by molar-refractivity contribution is 7.13. The molecule has 6 N–H and O–H groups in total. The number of nitrogens with one attached hydrogen (secondary N) is 1. The Labute approximate surface area is 502 Å². The van der Waals surface area contributed by atoms with Gasteiger partial charge in [0.25, 0.3) is 0 Å². The number of carboxylic acid groups (broad SMARTS) is 1. The van der Waals surface area contributed by atoms with Gasteiger partial charge in [0.15, 0.2) is 0 Å². The summed E-state index contributed by atoms with van der Waals surface area (Å²) >= 11 is 3.19. The third-order valence-electron chi connectivity index (χ3n) is 14.5. The second-order valence-corrected chi connectivity index (χ2v) is 25.3. The smallest absolute Gasteiger partial charge is 0.411 e. The molecule has 4 aliphatic rings. The van der Waals surface area contributed by atoms with E-state index in [1.165, 1.54) is 9.78 Å². The summed E-state index contributed by atoms with van der Waals surface area (Å²) in [6.45, 7) is 16.0. The van der Waals surface area contributed by atoms with E-state index in [0.29, 0.717) is 13.1 Å². The number of hydrogen-bond donors (Lipinski definition) is 5. The average Bonchev–Trinajstić information content (AvgIpc) is 1.13. The molecular weight excluding hydrogens is 1130 g/mol. The lowest BCUT2D eigenvalue weighted by molar-refractivity contribution is -0.142. The predicted molar refractivity (Wildman–Crippen MR) is 319 cm³/mol. The van der Waals surface area contributed by atoms with Crippen LogP contribution in [0.1, 0.15) is 88.0 Å². The Morgan fingerprint density at radius 3 is 1.39 bits per heavy atom. The molecule has 23 heteroatoms. The molecule has 4 aromatic carbocycles. The fourth-order valence-electron chi connectivity index (χ4n) is 10.2. The largest absolute Gasteiger partial charge is 0.480 e. The van der Waals surface area contributed by atoms with Gasteiger partial charge in [0.2, 0.25) is 5.91 Å². The first-order chi connectivity index (χ1) is 40.2. The maximum absolute atomic E-state index is 13.7. The van der Waals surface area contributed by atoms with Crippen LogP contribution in [0.4, 0.5) is 19.2 Å². The molecule has 6 heterocycles. The Morgan fingerprint density at radius 1 is 0.588 bits per heavy atom. The number of rotatable bonds is 11. The first-order valence-electron chi connectivity index (χ1n) is 27.8. The number of ether oxygens (including phenoxy) is 4. The molecule has 0 aliphatic carbocycles. The van der Waals surface area contributed by atoms with Gasteiger partial charge < -0.3 is 55.1 Å². The lowest BCUT2D eigenvalue weighted by Gasteiger charge is -2.50.